The van der Waals surface area contributed by atoms with Crippen molar-refractivity contribution in [3.8, 4) is 5.75 Å². The van der Waals surface area contributed by atoms with Gasteiger partial charge in [-0.1, -0.05) is 91.0 Å². The first-order valence-corrected chi connectivity index (χ1v) is 12.0. The van der Waals surface area contributed by atoms with E-state index in [1.165, 1.54) is 5.56 Å². The number of hydrogen-bond acceptors (Lipinski definition) is 4. The van der Waals surface area contributed by atoms with Gasteiger partial charge in [-0.25, -0.2) is 0 Å². The summed E-state index contributed by atoms with van der Waals surface area (Å²) >= 11 is 1.72. The van der Waals surface area contributed by atoms with E-state index in [2.05, 4.69) is 30.3 Å². The van der Waals surface area contributed by atoms with E-state index in [0.29, 0.717) is 11.5 Å². The Bertz CT molecular complexity index is 1080. The molecule has 1 atom stereocenters. The molecule has 0 heterocycles. The summed E-state index contributed by atoms with van der Waals surface area (Å²) in [5.41, 5.74) is 3.38. The highest BCUT2D eigenvalue weighted by Crippen LogP contribution is 2.28. The summed E-state index contributed by atoms with van der Waals surface area (Å²) in [6.45, 7) is 0.281. The van der Waals surface area contributed by atoms with Crippen LogP contribution < -0.4 is 0 Å². The average Bonchev–Trinajstić information content (AvgIpc) is 2.84. The molecule has 4 aromatic rings. The fourth-order valence-corrected chi connectivity index (χ4v) is 4.77. The number of aromatic hydroxyl groups is 1. The summed E-state index contributed by atoms with van der Waals surface area (Å²) in [5, 5.41) is 22.5. The Morgan fingerprint density at radius 2 is 1.34 bits per heavy atom. The van der Waals surface area contributed by atoms with Crippen molar-refractivity contribution in [1.82, 2.24) is 0 Å². The van der Waals surface area contributed by atoms with Crippen molar-refractivity contribution in [2.24, 2.45) is 0 Å². The molecule has 4 rings (SSSR count). The zero-order chi connectivity index (χ0) is 22.2. The van der Waals surface area contributed by atoms with Crippen LogP contribution in [0.25, 0.3) is 10.8 Å². The molecule has 2 N–H and O–H groups in total. The van der Waals surface area contributed by atoms with Crippen LogP contribution in [0.15, 0.2) is 97.1 Å². The molecule has 0 aliphatic carbocycles. The van der Waals surface area contributed by atoms with Gasteiger partial charge in [-0.2, -0.15) is 11.8 Å². The maximum absolute atomic E-state index is 10.5. The lowest BCUT2D eigenvalue weighted by Crippen LogP contribution is -2.21. The molecule has 0 aliphatic rings. The number of ether oxygens (including phenoxy) is 1. The minimum atomic E-state index is -0.536. The molecule has 4 aromatic carbocycles. The topological polar surface area (TPSA) is 49.7 Å². The van der Waals surface area contributed by atoms with Gasteiger partial charge in [0.15, 0.2) is 0 Å². The number of rotatable bonds is 10. The zero-order valence-corrected chi connectivity index (χ0v) is 18.7. The second-order valence-corrected chi connectivity index (χ2v) is 8.95. The summed E-state index contributed by atoms with van der Waals surface area (Å²) in [6.07, 6.45) is 0.155. The lowest BCUT2D eigenvalue weighted by molar-refractivity contribution is 0.0155. The maximum Gasteiger partial charge on any atom is 0.123 e. The molecule has 32 heavy (non-hydrogen) atoms. The van der Waals surface area contributed by atoms with E-state index < -0.39 is 6.10 Å². The van der Waals surface area contributed by atoms with Crippen LogP contribution in [0.3, 0.4) is 0 Å². The van der Waals surface area contributed by atoms with E-state index in [1.807, 2.05) is 60.7 Å². The maximum atomic E-state index is 10.5. The smallest absolute Gasteiger partial charge is 0.123 e. The quantitative estimate of drug-likeness (QED) is 0.295. The van der Waals surface area contributed by atoms with Crippen molar-refractivity contribution in [3.05, 3.63) is 114 Å². The molecule has 3 nitrogen and oxygen atoms in total. The van der Waals surface area contributed by atoms with Gasteiger partial charge in [-0.05, 0) is 40.3 Å². The van der Waals surface area contributed by atoms with Gasteiger partial charge in [0.2, 0.25) is 0 Å². The predicted octanol–water partition coefficient (Wildman–Crippen LogP) is 5.99. The average molecular weight is 445 g/mol. The lowest BCUT2D eigenvalue weighted by Gasteiger charge is -2.21. The number of phenolic OH excluding ortho intramolecular Hbond substituents is 1. The van der Waals surface area contributed by atoms with Crippen molar-refractivity contribution in [1.29, 1.82) is 0 Å². The largest absolute Gasteiger partial charge is 0.507 e. The zero-order valence-electron chi connectivity index (χ0n) is 17.9. The molecule has 0 aromatic heterocycles. The third kappa shape index (κ3) is 5.71. The van der Waals surface area contributed by atoms with Gasteiger partial charge in [0, 0.05) is 11.1 Å². The second-order valence-electron chi connectivity index (χ2n) is 7.80. The summed E-state index contributed by atoms with van der Waals surface area (Å²) in [7, 11) is 0. The van der Waals surface area contributed by atoms with Crippen LogP contribution in [0.4, 0.5) is 0 Å². The van der Waals surface area contributed by atoms with E-state index in [-0.39, 0.29) is 12.7 Å². The molecule has 0 amide bonds. The van der Waals surface area contributed by atoms with Crippen LogP contribution in [-0.4, -0.2) is 34.4 Å². The van der Waals surface area contributed by atoms with E-state index in [0.717, 1.165) is 34.1 Å². The number of aliphatic hydroxyl groups is 1. The fraction of sp³-hybridized carbons (Fsp3) is 0.214. The number of phenols is 1. The molecule has 1 unspecified atom stereocenters. The summed E-state index contributed by atoms with van der Waals surface area (Å²) in [6, 6.07) is 31.9. The summed E-state index contributed by atoms with van der Waals surface area (Å²) in [4.78, 5) is 0. The molecule has 0 bridgehead atoms. The van der Waals surface area contributed by atoms with Crippen LogP contribution in [0, 0.1) is 0 Å². The highest BCUT2D eigenvalue weighted by Gasteiger charge is 2.16. The normalized spacial score (nSPS) is 12.3. The van der Waals surface area contributed by atoms with Gasteiger partial charge in [-0.15, -0.1) is 0 Å². The molecule has 0 aliphatic heterocycles. The van der Waals surface area contributed by atoms with E-state index >= 15 is 0 Å². The number of thioether (sulfide) groups is 1. The van der Waals surface area contributed by atoms with Gasteiger partial charge < -0.3 is 14.9 Å². The van der Waals surface area contributed by atoms with Crippen molar-refractivity contribution < 1.29 is 14.9 Å². The molecular weight excluding hydrogens is 416 g/mol. The molecule has 0 fully saturated rings. The SMILES string of the molecule is Oc1cccc2c(CCSCC(O)COC(c3ccccc3)c3ccccc3)cccc12. The van der Waals surface area contributed by atoms with Crippen LogP contribution in [0.2, 0.25) is 0 Å². The summed E-state index contributed by atoms with van der Waals surface area (Å²) in [5.74, 6) is 1.83. The minimum absolute atomic E-state index is 0.194. The lowest BCUT2D eigenvalue weighted by atomic mass is 10.0. The first kappa shape index (κ1) is 22.4. The van der Waals surface area contributed by atoms with Crippen molar-refractivity contribution in [3.63, 3.8) is 0 Å². The predicted molar refractivity (Wildman–Crippen MR) is 133 cm³/mol. The van der Waals surface area contributed by atoms with Crippen molar-refractivity contribution in [2.45, 2.75) is 18.6 Å². The first-order chi connectivity index (χ1) is 15.7. The van der Waals surface area contributed by atoms with E-state index in [4.69, 9.17) is 4.74 Å². The number of benzene rings is 4. The third-order valence-corrected chi connectivity index (χ3v) is 6.59. The van der Waals surface area contributed by atoms with Gasteiger partial charge in [0.05, 0.1) is 12.7 Å². The number of aliphatic hydroxyl groups excluding tert-OH is 1. The van der Waals surface area contributed by atoms with Crippen molar-refractivity contribution >= 4 is 22.5 Å². The Hall–Kier alpha value is -2.79. The molecule has 0 radical (unpaired) electrons. The van der Waals surface area contributed by atoms with E-state index in [1.54, 1.807) is 17.8 Å². The molecular formula is C28H28O3S. The molecule has 0 saturated carbocycles. The Balaban J connectivity index is 1.29. The Labute approximate surface area is 193 Å². The minimum Gasteiger partial charge on any atom is -0.507 e. The van der Waals surface area contributed by atoms with Gasteiger partial charge >= 0.3 is 0 Å². The Morgan fingerprint density at radius 3 is 2.03 bits per heavy atom. The molecule has 0 spiro atoms. The monoisotopic (exact) mass is 444 g/mol. The third-order valence-electron chi connectivity index (χ3n) is 5.48. The van der Waals surface area contributed by atoms with Gasteiger partial charge in [0.1, 0.15) is 11.9 Å². The standard InChI is InChI=1S/C28H28O3S/c29-24(19-31-28(22-9-3-1-4-10-22)23-11-5-2-6-12-23)20-32-18-17-21-13-7-15-26-25(21)14-8-16-27(26)30/h1-16,24,28-30H,17-20H2. The first-order valence-electron chi connectivity index (χ1n) is 10.9. The van der Waals surface area contributed by atoms with Gasteiger partial charge in [0.25, 0.3) is 0 Å². The fourth-order valence-electron chi connectivity index (χ4n) is 3.87. The number of fused-ring (bicyclic) bond motifs is 1. The Morgan fingerprint density at radius 1 is 0.719 bits per heavy atom. The second kappa shape index (κ2) is 11.2. The van der Waals surface area contributed by atoms with E-state index in [9.17, 15) is 10.2 Å². The van der Waals surface area contributed by atoms with Crippen molar-refractivity contribution in [2.75, 3.05) is 18.1 Å². The molecule has 4 heteroatoms. The molecule has 164 valence electrons. The number of hydrogen-bond donors (Lipinski definition) is 2. The van der Waals surface area contributed by atoms with Gasteiger partial charge in [-0.3, -0.25) is 0 Å². The highest BCUT2D eigenvalue weighted by atomic mass is 32.2. The Kier molecular flexibility index (Phi) is 7.83. The van der Waals surface area contributed by atoms with Crippen LogP contribution >= 0.6 is 11.8 Å². The number of aryl methyl sites for hydroxylation is 1. The van der Waals surface area contributed by atoms with Crippen LogP contribution in [0.5, 0.6) is 5.75 Å². The highest BCUT2D eigenvalue weighted by molar-refractivity contribution is 7.99. The summed E-state index contributed by atoms with van der Waals surface area (Å²) < 4.78 is 6.17. The van der Waals surface area contributed by atoms with Crippen LogP contribution in [0.1, 0.15) is 22.8 Å². The van der Waals surface area contributed by atoms with Crippen LogP contribution in [-0.2, 0) is 11.2 Å². The molecule has 0 saturated heterocycles.